The summed E-state index contributed by atoms with van der Waals surface area (Å²) in [5.74, 6) is -1.99. The van der Waals surface area contributed by atoms with Gasteiger partial charge >= 0.3 is 0 Å². The van der Waals surface area contributed by atoms with Crippen LogP contribution in [0.15, 0.2) is 24.3 Å². The molecule has 3 amide bonds. The van der Waals surface area contributed by atoms with Crippen molar-refractivity contribution in [2.24, 2.45) is 11.7 Å². The first-order valence-electron chi connectivity index (χ1n) is 8.03. The molecular formula is C16H19N3O5S. The number of nitrogens with zero attached hydrogens (tertiary/aromatic N) is 2. The molecule has 2 heterocycles. The molecule has 0 unspecified atom stereocenters. The third kappa shape index (κ3) is 3.29. The van der Waals surface area contributed by atoms with E-state index >= 15 is 0 Å². The van der Waals surface area contributed by atoms with Crippen LogP contribution in [0.5, 0.6) is 0 Å². The number of nitrogens with two attached hydrogens (primary N) is 1. The van der Waals surface area contributed by atoms with E-state index in [0.717, 1.165) is 4.90 Å². The van der Waals surface area contributed by atoms with Crippen molar-refractivity contribution in [3.8, 4) is 0 Å². The Morgan fingerprint density at radius 3 is 2.08 bits per heavy atom. The number of carbonyl (C=O) groups excluding carboxylic acids is 3. The highest BCUT2D eigenvalue weighted by molar-refractivity contribution is 7.89. The minimum Gasteiger partial charge on any atom is -0.369 e. The summed E-state index contributed by atoms with van der Waals surface area (Å²) in [5, 5.41) is 0. The number of rotatable bonds is 5. The van der Waals surface area contributed by atoms with Crippen molar-refractivity contribution in [3.05, 3.63) is 35.4 Å². The smallest absolute Gasteiger partial charge is 0.261 e. The largest absolute Gasteiger partial charge is 0.369 e. The molecular weight excluding hydrogens is 346 g/mol. The summed E-state index contributed by atoms with van der Waals surface area (Å²) in [6.45, 7) is 0.251. The molecule has 0 atom stereocenters. The van der Waals surface area contributed by atoms with Crippen molar-refractivity contribution in [2.75, 3.05) is 25.4 Å². The highest BCUT2D eigenvalue weighted by Gasteiger charge is 2.37. The molecule has 1 saturated heterocycles. The average molecular weight is 365 g/mol. The Morgan fingerprint density at radius 2 is 1.60 bits per heavy atom. The third-order valence-corrected chi connectivity index (χ3v) is 6.55. The number of piperidine rings is 1. The maximum atomic E-state index is 12.5. The van der Waals surface area contributed by atoms with Gasteiger partial charge in [0.25, 0.3) is 11.8 Å². The standard InChI is InChI=1S/C16H19N3O5S/c17-14(20)11-5-7-18(8-6-11)25(23,24)10-9-19-15(21)12-3-1-2-4-13(12)16(19)22/h1-4,11H,5-10H2,(H2,17,20). The van der Waals surface area contributed by atoms with Gasteiger partial charge in [-0.3, -0.25) is 19.3 Å². The van der Waals surface area contributed by atoms with E-state index in [1.807, 2.05) is 0 Å². The Balaban J connectivity index is 1.63. The second-order valence-corrected chi connectivity index (χ2v) is 8.29. The zero-order valence-corrected chi connectivity index (χ0v) is 14.4. The van der Waals surface area contributed by atoms with Crippen LogP contribution in [0.25, 0.3) is 0 Å². The van der Waals surface area contributed by atoms with E-state index in [9.17, 15) is 22.8 Å². The molecule has 0 bridgehead atoms. The van der Waals surface area contributed by atoms with E-state index in [-0.39, 0.29) is 31.3 Å². The number of primary amides is 1. The highest BCUT2D eigenvalue weighted by Crippen LogP contribution is 2.23. The van der Waals surface area contributed by atoms with Crippen LogP contribution < -0.4 is 5.73 Å². The molecule has 2 aliphatic heterocycles. The molecule has 0 saturated carbocycles. The Bertz CT molecular complexity index is 793. The molecule has 25 heavy (non-hydrogen) atoms. The zero-order valence-electron chi connectivity index (χ0n) is 13.6. The average Bonchev–Trinajstić information content (AvgIpc) is 2.84. The van der Waals surface area contributed by atoms with Crippen LogP contribution in [0, 0.1) is 5.92 Å². The second kappa shape index (κ2) is 6.57. The van der Waals surface area contributed by atoms with Crippen molar-refractivity contribution in [1.82, 2.24) is 9.21 Å². The van der Waals surface area contributed by atoms with Gasteiger partial charge in [-0.25, -0.2) is 12.7 Å². The summed E-state index contributed by atoms with van der Waals surface area (Å²) in [6, 6.07) is 6.43. The van der Waals surface area contributed by atoms with Crippen LogP contribution in [-0.2, 0) is 14.8 Å². The molecule has 9 heteroatoms. The van der Waals surface area contributed by atoms with Gasteiger partial charge in [0.2, 0.25) is 15.9 Å². The maximum Gasteiger partial charge on any atom is 0.261 e. The fourth-order valence-electron chi connectivity index (χ4n) is 3.20. The number of amides is 3. The molecule has 134 valence electrons. The van der Waals surface area contributed by atoms with Crippen LogP contribution in [0.2, 0.25) is 0 Å². The van der Waals surface area contributed by atoms with E-state index in [2.05, 4.69) is 0 Å². The summed E-state index contributed by atoms with van der Waals surface area (Å²) in [6.07, 6.45) is 0.781. The lowest BCUT2D eigenvalue weighted by Gasteiger charge is -2.30. The fraction of sp³-hybridized carbons (Fsp3) is 0.438. The predicted molar refractivity (Wildman–Crippen MR) is 89.1 cm³/mol. The van der Waals surface area contributed by atoms with Crippen LogP contribution in [0.4, 0.5) is 0 Å². The van der Waals surface area contributed by atoms with Crippen LogP contribution in [-0.4, -0.2) is 60.7 Å². The van der Waals surface area contributed by atoms with Gasteiger partial charge in [-0.15, -0.1) is 0 Å². The number of hydrogen-bond donors (Lipinski definition) is 1. The summed E-state index contributed by atoms with van der Waals surface area (Å²) < 4.78 is 26.2. The molecule has 0 aliphatic carbocycles. The lowest BCUT2D eigenvalue weighted by atomic mass is 9.98. The monoisotopic (exact) mass is 365 g/mol. The number of carbonyl (C=O) groups is 3. The first kappa shape index (κ1) is 17.6. The van der Waals surface area contributed by atoms with Gasteiger partial charge in [-0.05, 0) is 25.0 Å². The molecule has 0 spiro atoms. The molecule has 0 radical (unpaired) electrons. The van der Waals surface area contributed by atoms with Crippen molar-refractivity contribution >= 4 is 27.7 Å². The van der Waals surface area contributed by atoms with E-state index in [4.69, 9.17) is 5.73 Å². The van der Waals surface area contributed by atoms with Gasteiger partial charge in [0.15, 0.2) is 0 Å². The number of hydrogen-bond acceptors (Lipinski definition) is 5. The SMILES string of the molecule is NC(=O)C1CCN(S(=O)(=O)CCN2C(=O)c3ccccc3C2=O)CC1. The minimum absolute atomic E-state index is 0.190. The normalized spacial score (nSPS) is 19.3. The zero-order chi connectivity index (χ0) is 18.2. The fourth-order valence-corrected chi connectivity index (χ4v) is 4.64. The van der Waals surface area contributed by atoms with Gasteiger partial charge in [0, 0.05) is 25.6 Å². The Labute approximate surface area is 145 Å². The van der Waals surface area contributed by atoms with Crippen molar-refractivity contribution in [1.29, 1.82) is 0 Å². The van der Waals surface area contributed by atoms with E-state index in [0.29, 0.717) is 24.0 Å². The molecule has 1 fully saturated rings. The lowest BCUT2D eigenvalue weighted by Crippen LogP contribution is -2.44. The number of fused-ring (bicyclic) bond motifs is 1. The van der Waals surface area contributed by atoms with Gasteiger partial charge < -0.3 is 5.73 Å². The second-order valence-electron chi connectivity index (χ2n) is 6.20. The first-order valence-corrected chi connectivity index (χ1v) is 9.64. The van der Waals surface area contributed by atoms with E-state index in [1.165, 1.54) is 4.31 Å². The topological polar surface area (TPSA) is 118 Å². The maximum absolute atomic E-state index is 12.5. The van der Waals surface area contributed by atoms with E-state index < -0.39 is 27.7 Å². The van der Waals surface area contributed by atoms with Gasteiger partial charge in [0.1, 0.15) is 0 Å². The lowest BCUT2D eigenvalue weighted by molar-refractivity contribution is -0.122. The summed E-state index contributed by atoms with van der Waals surface area (Å²) in [4.78, 5) is 36.7. The molecule has 3 rings (SSSR count). The van der Waals surface area contributed by atoms with E-state index in [1.54, 1.807) is 24.3 Å². The van der Waals surface area contributed by atoms with Gasteiger partial charge in [-0.2, -0.15) is 0 Å². The minimum atomic E-state index is -3.62. The number of imide groups is 1. The summed E-state index contributed by atoms with van der Waals surface area (Å²) >= 11 is 0. The van der Waals surface area contributed by atoms with Crippen molar-refractivity contribution < 1.29 is 22.8 Å². The van der Waals surface area contributed by atoms with Gasteiger partial charge in [-0.1, -0.05) is 12.1 Å². The summed E-state index contributed by atoms with van der Waals surface area (Å²) in [5.41, 5.74) is 5.84. The van der Waals surface area contributed by atoms with Crippen LogP contribution in [0.1, 0.15) is 33.6 Å². The molecule has 1 aromatic carbocycles. The Kier molecular flexibility index (Phi) is 4.61. The molecule has 0 aromatic heterocycles. The molecule has 2 aliphatic rings. The summed E-state index contributed by atoms with van der Waals surface area (Å²) in [7, 11) is -3.62. The molecule has 8 nitrogen and oxygen atoms in total. The quantitative estimate of drug-likeness (QED) is 0.726. The Morgan fingerprint density at radius 1 is 1.08 bits per heavy atom. The number of sulfonamides is 1. The van der Waals surface area contributed by atoms with Crippen LogP contribution >= 0.6 is 0 Å². The molecule has 2 N–H and O–H groups in total. The number of benzene rings is 1. The third-order valence-electron chi connectivity index (χ3n) is 4.70. The Hall–Kier alpha value is -2.26. The predicted octanol–water partition coefficient (Wildman–Crippen LogP) is -0.190. The van der Waals surface area contributed by atoms with Gasteiger partial charge in [0.05, 0.1) is 16.9 Å². The first-order chi connectivity index (χ1) is 11.8. The van der Waals surface area contributed by atoms with Crippen molar-refractivity contribution in [2.45, 2.75) is 12.8 Å². The highest BCUT2D eigenvalue weighted by atomic mass is 32.2. The van der Waals surface area contributed by atoms with Crippen molar-refractivity contribution in [3.63, 3.8) is 0 Å². The van der Waals surface area contributed by atoms with Crippen LogP contribution in [0.3, 0.4) is 0 Å². The molecule has 1 aromatic rings.